The van der Waals surface area contributed by atoms with Crippen LogP contribution in [0.4, 0.5) is 0 Å². The molecule has 0 unspecified atom stereocenters. The molecule has 0 atom stereocenters. The Morgan fingerprint density at radius 1 is 1.50 bits per heavy atom. The van der Waals surface area contributed by atoms with Crippen LogP contribution in [0.15, 0.2) is 16.5 Å². The summed E-state index contributed by atoms with van der Waals surface area (Å²) in [5.41, 5.74) is 0. The molecule has 0 radical (unpaired) electrons. The van der Waals surface area contributed by atoms with Gasteiger partial charge in [-0.15, -0.1) is 0 Å². The third-order valence-electron chi connectivity index (χ3n) is 2.04. The molecule has 0 aliphatic heterocycles. The van der Waals surface area contributed by atoms with Crippen LogP contribution in [0.3, 0.4) is 0 Å². The lowest BCUT2D eigenvalue weighted by molar-refractivity contribution is -0.140. The van der Waals surface area contributed by atoms with Crippen molar-refractivity contribution >= 4 is 17.7 Å². The first-order valence-electron chi connectivity index (χ1n) is 5.10. The van der Waals surface area contributed by atoms with Gasteiger partial charge in [0.1, 0.15) is 11.5 Å². The highest BCUT2D eigenvalue weighted by molar-refractivity contribution is 7.97. The second-order valence-corrected chi connectivity index (χ2v) is 4.17. The summed E-state index contributed by atoms with van der Waals surface area (Å²) in [6.07, 6.45) is 2.42. The fourth-order valence-corrected chi connectivity index (χ4v) is 1.68. The number of rotatable bonds is 7. The number of esters is 1. The van der Waals surface area contributed by atoms with Gasteiger partial charge in [-0.25, -0.2) is 0 Å². The molecule has 0 spiro atoms. The van der Waals surface area contributed by atoms with Gasteiger partial charge >= 0.3 is 5.97 Å². The summed E-state index contributed by atoms with van der Waals surface area (Å²) in [6.45, 7) is 1.25. The van der Waals surface area contributed by atoms with Crippen molar-refractivity contribution < 1.29 is 13.9 Å². The Balaban J connectivity index is 2.19. The van der Waals surface area contributed by atoms with Gasteiger partial charge in [-0.05, 0) is 18.4 Å². The van der Waals surface area contributed by atoms with Crippen LogP contribution in [0.5, 0.6) is 0 Å². The van der Waals surface area contributed by atoms with Gasteiger partial charge in [-0.2, -0.15) is 11.8 Å². The van der Waals surface area contributed by atoms with Crippen molar-refractivity contribution in [3.63, 3.8) is 0 Å². The van der Waals surface area contributed by atoms with Crippen LogP contribution in [0.25, 0.3) is 0 Å². The maximum absolute atomic E-state index is 10.8. The van der Waals surface area contributed by atoms with Gasteiger partial charge in [-0.1, -0.05) is 0 Å². The minimum absolute atomic E-state index is 0.199. The first-order chi connectivity index (χ1) is 7.76. The van der Waals surface area contributed by atoms with Gasteiger partial charge in [0.15, 0.2) is 0 Å². The summed E-state index contributed by atoms with van der Waals surface area (Å²) in [5.74, 6) is 2.57. The number of methoxy groups -OCH3 is 1. The average molecular weight is 243 g/mol. The molecule has 5 heteroatoms. The van der Waals surface area contributed by atoms with Crippen LogP contribution in [0.2, 0.25) is 0 Å². The average Bonchev–Trinajstić information content (AvgIpc) is 2.72. The van der Waals surface area contributed by atoms with Crippen molar-refractivity contribution in [2.45, 2.75) is 18.7 Å². The first-order valence-corrected chi connectivity index (χ1v) is 6.49. The Labute approximate surface area is 99.7 Å². The summed E-state index contributed by atoms with van der Waals surface area (Å²) in [4.78, 5) is 10.8. The van der Waals surface area contributed by atoms with Crippen LogP contribution < -0.4 is 5.32 Å². The van der Waals surface area contributed by atoms with E-state index in [4.69, 9.17) is 4.42 Å². The van der Waals surface area contributed by atoms with E-state index >= 15 is 0 Å². The van der Waals surface area contributed by atoms with E-state index in [0.717, 1.165) is 17.3 Å². The second-order valence-electron chi connectivity index (χ2n) is 3.30. The third kappa shape index (κ3) is 4.72. The van der Waals surface area contributed by atoms with E-state index in [-0.39, 0.29) is 5.97 Å². The number of carbonyl (C=O) groups excluding carboxylic acids is 1. The molecule has 1 N–H and O–H groups in total. The van der Waals surface area contributed by atoms with Crippen LogP contribution >= 0.6 is 11.8 Å². The lowest BCUT2D eigenvalue weighted by atomic mass is 10.4. The number of thioether (sulfide) groups is 1. The zero-order valence-electron chi connectivity index (χ0n) is 9.62. The highest BCUT2D eigenvalue weighted by Crippen LogP contribution is 2.13. The Bertz CT molecular complexity index is 325. The molecule has 0 saturated carbocycles. The molecular formula is C11H17NO3S. The predicted molar refractivity (Wildman–Crippen MR) is 64.3 cm³/mol. The molecule has 0 amide bonds. The van der Waals surface area contributed by atoms with E-state index in [1.54, 1.807) is 11.8 Å². The number of nitrogens with one attached hydrogen (secondary N) is 1. The summed E-state index contributed by atoms with van der Waals surface area (Å²) >= 11 is 1.73. The maximum Gasteiger partial charge on any atom is 0.306 e. The molecule has 0 aliphatic rings. The molecule has 0 bridgehead atoms. The molecule has 1 rings (SSSR count). The largest absolute Gasteiger partial charge is 0.469 e. The monoisotopic (exact) mass is 243 g/mol. The normalized spacial score (nSPS) is 10.4. The van der Waals surface area contributed by atoms with Crippen molar-refractivity contribution in [1.82, 2.24) is 5.32 Å². The smallest absolute Gasteiger partial charge is 0.306 e. The zero-order valence-corrected chi connectivity index (χ0v) is 10.4. The summed E-state index contributed by atoms with van der Waals surface area (Å²) in [5, 5.41) is 3.12. The summed E-state index contributed by atoms with van der Waals surface area (Å²) in [7, 11) is 1.39. The van der Waals surface area contributed by atoms with Crippen molar-refractivity contribution in [1.29, 1.82) is 0 Å². The third-order valence-corrected chi connectivity index (χ3v) is 2.61. The Kier molecular flexibility index (Phi) is 6.03. The minimum atomic E-state index is -0.199. The maximum atomic E-state index is 10.8. The standard InChI is InChI=1S/C11H17NO3S/c1-14-11(13)5-6-12-7-9-3-4-10(15-9)8-16-2/h3-4,12H,5-8H2,1-2H3. The molecule has 16 heavy (non-hydrogen) atoms. The van der Waals surface area contributed by atoms with Gasteiger partial charge in [0.05, 0.1) is 25.8 Å². The van der Waals surface area contributed by atoms with Gasteiger partial charge in [-0.3, -0.25) is 4.79 Å². The molecule has 0 aromatic carbocycles. The van der Waals surface area contributed by atoms with Crippen molar-refractivity contribution in [3.8, 4) is 0 Å². The molecular weight excluding hydrogens is 226 g/mol. The van der Waals surface area contributed by atoms with Crippen LogP contribution in [-0.4, -0.2) is 25.9 Å². The summed E-state index contributed by atoms with van der Waals surface area (Å²) in [6, 6.07) is 3.94. The lowest BCUT2D eigenvalue weighted by Crippen LogP contribution is -2.18. The van der Waals surface area contributed by atoms with Crippen LogP contribution in [0.1, 0.15) is 17.9 Å². The number of ether oxygens (including phenoxy) is 1. The first kappa shape index (κ1) is 13.1. The highest BCUT2D eigenvalue weighted by Gasteiger charge is 2.02. The van der Waals surface area contributed by atoms with E-state index in [2.05, 4.69) is 10.1 Å². The summed E-state index contributed by atoms with van der Waals surface area (Å²) < 4.78 is 10.1. The topological polar surface area (TPSA) is 51.5 Å². The molecule has 0 fully saturated rings. The minimum Gasteiger partial charge on any atom is -0.469 e. The molecule has 1 aromatic rings. The molecule has 90 valence electrons. The highest BCUT2D eigenvalue weighted by atomic mass is 32.2. The fraction of sp³-hybridized carbons (Fsp3) is 0.545. The van der Waals surface area contributed by atoms with E-state index in [1.807, 2.05) is 18.4 Å². The van der Waals surface area contributed by atoms with E-state index in [1.165, 1.54) is 7.11 Å². The quantitative estimate of drug-likeness (QED) is 0.584. The molecule has 1 aromatic heterocycles. The van der Waals surface area contributed by atoms with E-state index in [9.17, 15) is 4.79 Å². The number of furan rings is 1. The molecule has 0 aliphatic carbocycles. The van der Waals surface area contributed by atoms with Gasteiger partial charge in [0, 0.05) is 6.54 Å². The Morgan fingerprint density at radius 3 is 2.94 bits per heavy atom. The zero-order chi connectivity index (χ0) is 11.8. The second kappa shape index (κ2) is 7.35. The van der Waals surface area contributed by atoms with Crippen LogP contribution in [0, 0.1) is 0 Å². The molecule has 0 saturated heterocycles. The van der Waals surface area contributed by atoms with Gasteiger partial charge < -0.3 is 14.5 Å². The van der Waals surface area contributed by atoms with E-state index in [0.29, 0.717) is 19.5 Å². The van der Waals surface area contributed by atoms with Crippen LogP contribution in [-0.2, 0) is 21.8 Å². The Hall–Kier alpha value is -0.940. The Morgan fingerprint density at radius 2 is 2.25 bits per heavy atom. The lowest BCUT2D eigenvalue weighted by Gasteiger charge is -2.01. The van der Waals surface area contributed by atoms with Gasteiger partial charge in [0.25, 0.3) is 0 Å². The molecule has 1 heterocycles. The molecule has 4 nitrogen and oxygen atoms in total. The predicted octanol–water partition coefficient (Wildman–Crippen LogP) is 1.80. The number of carbonyl (C=O) groups is 1. The number of hydrogen-bond acceptors (Lipinski definition) is 5. The van der Waals surface area contributed by atoms with Crippen molar-refractivity contribution in [2.75, 3.05) is 19.9 Å². The van der Waals surface area contributed by atoms with Crippen molar-refractivity contribution in [3.05, 3.63) is 23.7 Å². The van der Waals surface area contributed by atoms with E-state index < -0.39 is 0 Å². The number of hydrogen-bond donors (Lipinski definition) is 1. The fourth-order valence-electron chi connectivity index (χ4n) is 1.24. The van der Waals surface area contributed by atoms with Crippen molar-refractivity contribution in [2.24, 2.45) is 0 Å². The van der Waals surface area contributed by atoms with Gasteiger partial charge in [0.2, 0.25) is 0 Å². The SMILES string of the molecule is COC(=O)CCNCc1ccc(CSC)o1.